The quantitative estimate of drug-likeness (QED) is 0.756. The summed E-state index contributed by atoms with van der Waals surface area (Å²) in [4.78, 5) is 17.8. The van der Waals surface area contributed by atoms with Gasteiger partial charge in [0.05, 0.1) is 5.56 Å². The van der Waals surface area contributed by atoms with Gasteiger partial charge in [0, 0.05) is 30.2 Å². The second-order valence-electron chi connectivity index (χ2n) is 6.82. The van der Waals surface area contributed by atoms with Crippen molar-refractivity contribution in [1.82, 2.24) is 9.88 Å². The molecule has 3 aromatic rings. The van der Waals surface area contributed by atoms with Gasteiger partial charge in [-0.15, -0.1) is 0 Å². The average Bonchev–Trinajstić information content (AvgIpc) is 3.05. The van der Waals surface area contributed by atoms with E-state index in [0.29, 0.717) is 16.9 Å². The van der Waals surface area contributed by atoms with Crippen LogP contribution in [0.5, 0.6) is 0 Å². The van der Waals surface area contributed by atoms with Gasteiger partial charge < -0.3 is 9.88 Å². The van der Waals surface area contributed by atoms with Crippen LogP contribution in [0.25, 0.3) is 10.9 Å². The second kappa shape index (κ2) is 6.71. The van der Waals surface area contributed by atoms with E-state index in [0.717, 1.165) is 37.9 Å². The molecule has 2 heterocycles. The highest BCUT2D eigenvalue weighted by Crippen LogP contribution is 2.25. The van der Waals surface area contributed by atoms with Gasteiger partial charge in [0.15, 0.2) is 0 Å². The Labute approximate surface area is 146 Å². The first-order valence-electron chi connectivity index (χ1n) is 8.80. The summed E-state index contributed by atoms with van der Waals surface area (Å²) in [7, 11) is 0. The van der Waals surface area contributed by atoms with Gasteiger partial charge in [-0.2, -0.15) is 0 Å². The Kier molecular flexibility index (Phi) is 4.26. The normalized spacial score (nSPS) is 15.6. The van der Waals surface area contributed by atoms with E-state index in [1.54, 1.807) is 12.3 Å². The number of fused-ring (bicyclic) bond motifs is 1. The molecule has 1 aliphatic rings. The van der Waals surface area contributed by atoms with E-state index in [9.17, 15) is 9.18 Å². The van der Waals surface area contributed by atoms with Crippen LogP contribution in [0.2, 0.25) is 0 Å². The Hall–Kier alpha value is -2.62. The Morgan fingerprint density at radius 2 is 1.88 bits per heavy atom. The van der Waals surface area contributed by atoms with Crippen molar-refractivity contribution in [1.29, 1.82) is 0 Å². The fraction of sp³-hybridized carbons (Fsp3) is 0.286. The molecular weight excluding hydrogens is 315 g/mol. The van der Waals surface area contributed by atoms with Gasteiger partial charge in [0.1, 0.15) is 5.82 Å². The van der Waals surface area contributed by atoms with Crippen LogP contribution in [0.3, 0.4) is 0 Å². The molecule has 1 N–H and O–H groups in total. The van der Waals surface area contributed by atoms with Crippen molar-refractivity contribution < 1.29 is 9.18 Å². The molecule has 1 amide bonds. The number of nitrogens with zero attached hydrogens (tertiary/aromatic N) is 1. The van der Waals surface area contributed by atoms with Crippen molar-refractivity contribution in [2.45, 2.75) is 19.3 Å². The Morgan fingerprint density at radius 3 is 2.64 bits per heavy atom. The summed E-state index contributed by atoms with van der Waals surface area (Å²) in [6, 6.07) is 15.0. The van der Waals surface area contributed by atoms with E-state index in [-0.39, 0.29) is 11.7 Å². The van der Waals surface area contributed by atoms with Crippen LogP contribution in [-0.4, -0.2) is 28.9 Å². The van der Waals surface area contributed by atoms with Crippen LogP contribution < -0.4 is 0 Å². The molecule has 0 unspecified atom stereocenters. The Bertz CT molecular complexity index is 879. The molecular formula is C21H21FN2O. The highest BCUT2D eigenvalue weighted by atomic mass is 19.1. The lowest BCUT2D eigenvalue weighted by molar-refractivity contribution is 0.0692. The van der Waals surface area contributed by atoms with E-state index in [1.165, 1.54) is 17.7 Å². The van der Waals surface area contributed by atoms with Crippen molar-refractivity contribution in [3.05, 3.63) is 71.7 Å². The molecule has 0 spiro atoms. The van der Waals surface area contributed by atoms with Crippen LogP contribution in [-0.2, 0) is 6.42 Å². The minimum absolute atomic E-state index is 0.00462. The maximum Gasteiger partial charge on any atom is 0.256 e. The zero-order valence-corrected chi connectivity index (χ0v) is 14.0. The Morgan fingerprint density at radius 1 is 1.12 bits per heavy atom. The monoisotopic (exact) mass is 336 g/mol. The third-order valence-electron chi connectivity index (χ3n) is 5.14. The second-order valence-corrected chi connectivity index (χ2v) is 6.82. The van der Waals surface area contributed by atoms with Crippen molar-refractivity contribution in [2.75, 3.05) is 13.1 Å². The molecule has 25 heavy (non-hydrogen) atoms. The lowest BCUT2D eigenvalue weighted by Crippen LogP contribution is -2.38. The molecule has 0 aliphatic carbocycles. The maximum absolute atomic E-state index is 13.5. The third-order valence-corrected chi connectivity index (χ3v) is 5.14. The number of aromatic amines is 1. The predicted molar refractivity (Wildman–Crippen MR) is 97.0 cm³/mol. The summed E-state index contributed by atoms with van der Waals surface area (Å²) >= 11 is 0. The van der Waals surface area contributed by atoms with Gasteiger partial charge in [0.2, 0.25) is 0 Å². The molecule has 0 saturated carbocycles. The van der Waals surface area contributed by atoms with Crippen LogP contribution >= 0.6 is 0 Å². The first-order valence-corrected chi connectivity index (χ1v) is 8.80. The number of rotatable bonds is 3. The summed E-state index contributed by atoms with van der Waals surface area (Å²) in [6.07, 6.45) is 4.79. The summed E-state index contributed by atoms with van der Waals surface area (Å²) in [5.41, 5.74) is 2.72. The lowest BCUT2D eigenvalue weighted by Gasteiger charge is -2.32. The molecule has 0 atom stereocenters. The standard InChI is InChI=1S/C21H21FN2O/c22-17-6-7-20-18(13-17)19(14-23-20)21(25)24-10-8-16(9-11-24)12-15-4-2-1-3-5-15/h1-7,13-14,16,23H,8-12H2. The van der Waals surface area contributed by atoms with Crippen molar-refractivity contribution in [3.63, 3.8) is 0 Å². The molecule has 1 aromatic heterocycles. The number of carbonyl (C=O) groups excluding carboxylic acids is 1. The van der Waals surface area contributed by atoms with E-state index in [1.807, 2.05) is 11.0 Å². The number of aromatic nitrogens is 1. The highest BCUT2D eigenvalue weighted by molar-refractivity contribution is 6.06. The van der Waals surface area contributed by atoms with Crippen molar-refractivity contribution in [3.8, 4) is 0 Å². The molecule has 0 bridgehead atoms. The van der Waals surface area contributed by atoms with Crippen LogP contribution in [0.4, 0.5) is 4.39 Å². The van der Waals surface area contributed by atoms with E-state index in [2.05, 4.69) is 29.2 Å². The van der Waals surface area contributed by atoms with Crippen LogP contribution in [0, 0.1) is 11.7 Å². The van der Waals surface area contributed by atoms with Crippen molar-refractivity contribution in [2.24, 2.45) is 5.92 Å². The van der Waals surface area contributed by atoms with E-state index >= 15 is 0 Å². The lowest BCUT2D eigenvalue weighted by atomic mass is 9.90. The van der Waals surface area contributed by atoms with Gasteiger partial charge in [0.25, 0.3) is 5.91 Å². The van der Waals surface area contributed by atoms with Crippen LogP contribution in [0.15, 0.2) is 54.7 Å². The fourth-order valence-corrected chi connectivity index (χ4v) is 3.73. The summed E-state index contributed by atoms with van der Waals surface area (Å²) in [5.74, 6) is 0.296. The topological polar surface area (TPSA) is 36.1 Å². The number of amides is 1. The third kappa shape index (κ3) is 3.29. The number of benzene rings is 2. The highest BCUT2D eigenvalue weighted by Gasteiger charge is 2.25. The maximum atomic E-state index is 13.5. The molecule has 1 fully saturated rings. The smallest absolute Gasteiger partial charge is 0.256 e. The number of likely N-dealkylation sites (tertiary alicyclic amines) is 1. The molecule has 3 nitrogen and oxygen atoms in total. The molecule has 4 rings (SSSR count). The largest absolute Gasteiger partial charge is 0.360 e. The van der Waals surface area contributed by atoms with Gasteiger partial charge in [-0.1, -0.05) is 30.3 Å². The first-order chi connectivity index (χ1) is 12.2. The van der Waals surface area contributed by atoms with E-state index < -0.39 is 0 Å². The van der Waals surface area contributed by atoms with Crippen molar-refractivity contribution >= 4 is 16.8 Å². The van der Waals surface area contributed by atoms with Gasteiger partial charge in [-0.05, 0) is 48.9 Å². The zero-order chi connectivity index (χ0) is 17.2. The number of halogens is 1. The molecule has 1 saturated heterocycles. The van der Waals surface area contributed by atoms with Gasteiger partial charge >= 0.3 is 0 Å². The molecule has 0 radical (unpaired) electrons. The predicted octanol–water partition coefficient (Wildman–Crippen LogP) is 4.40. The fourth-order valence-electron chi connectivity index (χ4n) is 3.73. The average molecular weight is 336 g/mol. The minimum atomic E-state index is -0.317. The SMILES string of the molecule is O=C(c1c[nH]c2ccc(F)cc12)N1CCC(Cc2ccccc2)CC1. The zero-order valence-electron chi connectivity index (χ0n) is 14.0. The number of carbonyl (C=O) groups is 1. The summed E-state index contributed by atoms with van der Waals surface area (Å²) < 4.78 is 13.5. The molecule has 1 aliphatic heterocycles. The van der Waals surface area contributed by atoms with Gasteiger partial charge in [-0.3, -0.25) is 4.79 Å². The Balaban J connectivity index is 1.43. The molecule has 2 aromatic carbocycles. The van der Waals surface area contributed by atoms with Gasteiger partial charge in [-0.25, -0.2) is 4.39 Å². The summed E-state index contributed by atoms with van der Waals surface area (Å²) in [5, 5.41) is 0.663. The number of hydrogen-bond donors (Lipinski definition) is 1. The van der Waals surface area contributed by atoms with E-state index in [4.69, 9.17) is 0 Å². The number of H-pyrrole nitrogens is 1. The first kappa shape index (κ1) is 15.9. The molecule has 128 valence electrons. The summed E-state index contributed by atoms with van der Waals surface area (Å²) in [6.45, 7) is 1.52. The van der Waals surface area contributed by atoms with Crippen LogP contribution in [0.1, 0.15) is 28.8 Å². The number of nitrogens with one attached hydrogen (secondary N) is 1. The molecule has 4 heteroatoms. The number of piperidine rings is 1. The number of hydrogen-bond acceptors (Lipinski definition) is 1. The minimum Gasteiger partial charge on any atom is -0.360 e.